The van der Waals surface area contributed by atoms with E-state index in [9.17, 15) is 23.3 Å². The summed E-state index contributed by atoms with van der Waals surface area (Å²) in [5.41, 5.74) is -0.347. The van der Waals surface area contributed by atoms with Crippen LogP contribution in [0.1, 0.15) is 6.42 Å². The van der Waals surface area contributed by atoms with Crippen molar-refractivity contribution in [1.82, 2.24) is 0 Å². The van der Waals surface area contributed by atoms with Crippen LogP contribution < -0.4 is 9.47 Å². The summed E-state index contributed by atoms with van der Waals surface area (Å²) in [5, 5.41) is 11.0. The lowest BCUT2D eigenvalue weighted by atomic mass is 10.3. The predicted octanol–water partition coefficient (Wildman–Crippen LogP) is 0.713. The number of methoxy groups -OCH3 is 1. The van der Waals surface area contributed by atoms with Gasteiger partial charge >= 0.3 is 11.7 Å². The average molecular weight is 345 g/mol. The summed E-state index contributed by atoms with van der Waals surface area (Å²) in [6.45, 7) is -0.552. The molecular formula is C13H15NO8S. The van der Waals surface area contributed by atoms with Gasteiger partial charge in [-0.15, -0.1) is 0 Å². The molecule has 23 heavy (non-hydrogen) atoms. The number of nitro benzene ring substituents is 1. The number of ether oxygens (including phenoxy) is 3. The molecule has 1 aromatic carbocycles. The number of nitro groups is 1. The Morgan fingerprint density at radius 1 is 1.43 bits per heavy atom. The fraction of sp³-hybridized carbons (Fsp3) is 0.462. The molecule has 1 fully saturated rings. The lowest BCUT2D eigenvalue weighted by Crippen LogP contribution is -2.23. The molecule has 1 saturated heterocycles. The number of hydrogen-bond donors (Lipinski definition) is 0. The molecule has 0 aromatic heterocycles. The maximum atomic E-state index is 11.7. The summed E-state index contributed by atoms with van der Waals surface area (Å²) in [5.74, 6) is -0.830. The molecule has 1 aliphatic rings. The first kappa shape index (κ1) is 17.0. The largest absolute Gasteiger partial charge is 0.496 e. The molecule has 0 N–H and O–H groups in total. The van der Waals surface area contributed by atoms with Gasteiger partial charge in [-0.1, -0.05) is 0 Å². The van der Waals surface area contributed by atoms with Crippen LogP contribution in [0.4, 0.5) is 5.69 Å². The second kappa shape index (κ2) is 6.82. The quantitative estimate of drug-likeness (QED) is 0.420. The van der Waals surface area contributed by atoms with Crippen LogP contribution in [0, 0.1) is 10.1 Å². The number of hydrogen-bond acceptors (Lipinski definition) is 8. The van der Waals surface area contributed by atoms with Gasteiger partial charge in [-0.2, -0.15) is 0 Å². The number of carbonyl (C=O) groups excluding carboxylic acids is 1. The maximum absolute atomic E-state index is 11.7. The third-order valence-electron chi connectivity index (χ3n) is 3.20. The lowest BCUT2D eigenvalue weighted by Gasteiger charge is -2.11. The van der Waals surface area contributed by atoms with Crippen molar-refractivity contribution in [3.05, 3.63) is 28.3 Å². The fourth-order valence-electron chi connectivity index (χ4n) is 2.10. The molecule has 1 heterocycles. The van der Waals surface area contributed by atoms with Crippen LogP contribution in [0.15, 0.2) is 18.2 Å². The zero-order valence-electron chi connectivity index (χ0n) is 12.3. The van der Waals surface area contributed by atoms with Crippen molar-refractivity contribution in [3.8, 4) is 11.5 Å². The van der Waals surface area contributed by atoms with Crippen molar-refractivity contribution in [3.63, 3.8) is 0 Å². The second-order valence-electron chi connectivity index (χ2n) is 4.89. The van der Waals surface area contributed by atoms with Crippen LogP contribution in [-0.4, -0.2) is 50.6 Å². The summed E-state index contributed by atoms with van der Waals surface area (Å²) >= 11 is 0. The van der Waals surface area contributed by atoms with Gasteiger partial charge in [0, 0.05) is 0 Å². The predicted molar refractivity (Wildman–Crippen MR) is 78.3 cm³/mol. The van der Waals surface area contributed by atoms with Crippen molar-refractivity contribution >= 4 is 21.5 Å². The van der Waals surface area contributed by atoms with Crippen LogP contribution in [0.2, 0.25) is 0 Å². The van der Waals surface area contributed by atoms with Crippen molar-refractivity contribution < 1.29 is 32.3 Å². The topological polar surface area (TPSA) is 122 Å². The summed E-state index contributed by atoms with van der Waals surface area (Å²) in [6.07, 6.45) is -0.446. The maximum Gasteiger partial charge on any atom is 0.344 e. The van der Waals surface area contributed by atoms with Crippen LogP contribution in [0.5, 0.6) is 11.5 Å². The normalized spacial score (nSPS) is 19.1. The van der Waals surface area contributed by atoms with Crippen molar-refractivity contribution in [2.75, 3.05) is 25.2 Å². The monoisotopic (exact) mass is 345 g/mol. The first-order chi connectivity index (χ1) is 10.8. The standard InChI is InChI=1S/C13H15NO8S/c1-20-9-2-3-12(11(6-9)14(16)17)21-7-13(15)22-10-4-5-23(18,19)8-10/h2-3,6,10H,4-5,7-8H2,1H3/t10-/m0/s1. The van der Waals surface area contributed by atoms with E-state index in [4.69, 9.17) is 14.2 Å². The Morgan fingerprint density at radius 3 is 2.74 bits per heavy atom. The van der Waals surface area contributed by atoms with Crippen LogP contribution in [-0.2, 0) is 19.4 Å². The summed E-state index contributed by atoms with van der Waals surface area (Å²) < 4.78 is 37.5. The highest BCUT2D eigenvalue weighted by Gasteiger charge is 2.31. The minimum Gasteiger partial charge on any atom is -0.496 e. The lowest BCUT2D eigenvalue weighted by molar-refractivity contribution is -0.385. The smallest absolute Gasteiger partial charge is 0.344 e. The molecular weight excluding hydrogens is 330 g/mol. The van der Waals surface area contributed by atoms with E-state index < -0.39 is 33.4 Å². The molecule has 0 aliphatic carbocycles. The molecule has 126 valence electrons. The molecule has 0 unspecified atom stereocenters. The number of esters is 1. The van der Waals surface area contributed by atoms with Gasteiger partial charge in [0.1, 0.15) is 11.9 Å². The highest BCUT2D eigenvalue weighted by Crippen LogP contribution is 2.31. The second-order valence-corrected chi connectivity index (χ2v) is 7.12. The highest BCUT2D eigenvalue weighted by atomic mass is 32.2. The van der Waals surface area contributed by atoms with Gasteiger partial charge < -0.3 is 14.2 Å². The van der Waals surface area contributed by atoms with Crippen LogP contribution >= 0.6 is 0 Å². The summed E-state index contributed by atoms with van der Waals surface area (Å²) in [4.78, 5) is 22.0. The van der Waals surface area contributed by atoms with Crippen molar-refractivity contribution in [1.29, 1.82) is 0 Å². The molecule has 9 nitrogen and oxygen atoms in total. The van der Waals surface area contributed by atoms with E-state index in [0.717, 1.165) is 0 Å². The van der Waals surface area contributed by atoms with E-state index in [-0.39, 0.29) is 35.1 Å². The van der Waals surface area contributed by atoms with E-state index in [1.165, 1.54) is 25.3 Å². The molecule has 1 aliphatic heterocycles. The molecule has 10 heteroatoms. The number of nitrogens with zero attached hydrogens (tertiary/aromatic N) is 1. The molecule has 0 amide bonds. The zero-order chi connectivity index (χ0) is 17.0. The SMILES string of the molecule is COc1ccc(OCC(=O)O[C@H]2CCS(=O)(=O)C2)c([N+](=O)[O-])c1. The summed E-state index contributed by atoms with van der Waals surface area (Å²) in [6, 6.07) is 3.94. The molecule has 0 saturated carbocycles. The third kappa shape index (κ3) is 4.55. The Morgan fingerprint density at radius 2 is 2.17 bits per heavy atom. The average Bonchev–Trinajstić information content (AvgIpc) is 2.83. The Kier molecular flexibility index (Phi) is 5.04. The van der Waals surface area contributed by atoms with Gasteiger partial charge in [0.25, 0.3) is 0 Å². The highest BCUT2D eigenvalue weighted by molar-refractivity contribution is 7.91. The van der Waals surface area contributed by atoms with E-state index in [1.807, 2.05) is 0 Å². The molecule has 0 radical (unpaired) electrons. The Hall–Kier alpha value is -2.36. The minimum atomic E-state index is -3.16. The molecule has 0 spiro atoms. The Balaban J connectivity index is 1.95. The van der Waals surface area contributed by atoms with Gasteiger partial charge in [-0.05, 0) is 18.6 Å². The number of benzene rings is 1. The van der Waals surface area contributed by atoms with Crippen LogP contribution in [0.3, 0.4) is 0 Å². The Bertz CT molecular complexity index is 715. The number of rotatable bonds is 6. The van der Waals surface area contributed by atoms with E-state index >= 15 is 0 Å². The van der Waals surface area contributed by atoms with E-state index in [1.54, 1.807) is 0 Å². The minimum absolute atomic E-state index is 0.0181. The molecule has 1 atom stereocenters. The van der Waals surface area contributed by atoms with Crippen LogP contribution in [0.25, 0.3) is 0 Å². The number of carbonyl (C=O) groups is 1. The Labute approximate surface area is 132 Å². The first-order valence-corrected chi connectivity index (χ1v) is 8.48. The first-order valence-electron chi connectivity index (χ1n) is 6.66. The van der Waals surface area contributed by atoms with Gasteiger partial charge in [0.05, 0.1) is 29.6 Å². The van der Waals surface area contributed by atoms with Crippen molar-refractivity contribution in [2.24, 2.45) is 0 Å². The fourth-order valence-corrected chi connectivity index (χ4v) is 3.69. The van der Waals surface area contributed by atoms with Gasteiger partial charge in [-0.25, -0.2) is 13.2 Å². The molecule has 2 rings (SSSR count). The summed E-state index contributed by atoms with van der Waals surface area (Å²) in [7, 11) is -1.79. The van der Waals surface area contributed by atoms with Crippen molar-refractivity contribution in [2.45, 2.75) is 12.5 Å². The molecule has 0 bridgehead atoms. The van der Waals surface area contributed by atoms with E-state index in [0.29, 0.717) is 0 Å². The van der Waals surface area contributed by atoms with Gasteiger partial charge in [0.15, 0.2) is 22.2 Å². The van der Waals surface area contributed by atoms with Gasteiger partial charge in [0.2, 0.25) is 0 Å². The number of sulfone groups is 1. The van der Waals surface area contributed by atoms with E-state index in [2.05, 4.69) is 0 Å². The van der Waals surface area contributed by atoms with Gasteiger partial charge in [-0.3, -0.25) is 10.1 Å². The third-order valence-corrected chi connectivity index (χ3v) is 4.93. The zero-order valence-corrected chi connectivity index (χ0v) is 13.1. The molecule has 1 aromatic rings.